The Morgan fingerprint density at radius 1 is 1.23 bits per heavy atom. The van der Waals surface area contributed by atoms with Gasteiger partial charge in [-0.3, -0.25) is 9.89 Å². The Morgan fingerprint density at radius 3 is 2.57 bits per heavy atom. The third-order valence-corrected chi connectivity index (χ3v) is 5.97. The van der Waals surface area contributed by atoms with Gasteiger partial charge in [0.25, 0.3) is 0 Å². The standard InChI is InChI=1S/C21H29Cl2N5O.HI/c1-14-15(2)29-20(27-14)13-28-8-6-16(7-9-28)11-25-21(24-3)26-12-17-4-5-18(22)10-19(17)23;/h4-5,10,16H,6-9,11-13H2,1-3H3,(H2,24,25,26);1H. The summed E-state index contributed by atoms with van der Waals surface area (Å²) in [5.41, 5.74) is 1.97. The van der Waals surface area contributed by atoms with Gasteiger partial charge in [-0.05, 0) is 63.4 Å². The second-order valence-corrected chi connectivity index (χ2v) is 8.35. The van der Waals surface area contributed by atoms with Crippen LogP contribution in [0.2, 0.25) is 10.0 Å². The van der Waals surface area contributed by atoms with E-state index in [0.29, 0.717) is 22.5 Å². The highest BCUT2D eigenvalue weighted by Gasteiger charge is 2.21. The second-order valence-electron chi connectivity index (χ2n) is 7.51. The predicted molar refractivity (Wildman–Crippen MR) is 134 cm³/mol. The SMILES string of the molecule is CN=C(NCc1ccc(Cl)cc1Cl)NCC1CCN(Cc2nc(C)c(C)o2)CC1.I. The number of rotatable bonds is 6. The molecule has 0 radical (unpaired) electrons. The van der Waals surface area contributed by atoms with Crippen molar-refractivity contribution in [1.82, 2.24) is 20.5 Å². The summed E-state index contributed by atoms with van der Waals surface area (Å²) in [6.07, 6.45) is 2.29. The molecule has 0 amide bonds. The van der Waals surface area contributed by atoms with Gasteiger partial charge in [0, 0.05) is 30.2 Å². The van der Waals surface area contributed by atoms with Gasteiger partial charge in [-0.15, -0.1) is 24.0 Å². The summed E-state index contributed by atoms with van der Waals surface area (Å²) in [6, 6.07) is 5.53. The maximum absolute atomic E-state index is 6.24. The van der Waals surface area contributed by atoms with E-state index in [1.807, 2.05) is 26.0 Å². The molecular formula is C21H30Cl2IN5O. The van der Waals surface area contributed by atoms with Crippen molar-refractivity contribution in [1.29, 1.82) is 0 Å². The van der Waals surface area contributed by atoms with Gasteiger partial charge < -0.3 is 15.1 Å². The zero-order valence-electron chi connectivity index (χ0n) is 17.7. The Kier molecular flexibility index (Phi) is 10.2. The monoisotopic (exact) mass is 565 g/mol. The van der Waals surface area contributed by atoms with Gasteiger partial charge in [0.1, 0.15) is 5.76 Å². The van der Waals surface area contributed by atoms with Crippen molar-refractivity contribution in [3.8, 4) is 0 Å². The van der Waals surface area contributed by atoms with Gasteiger partial charge in [0.15, 0.2) is 5.96 Å². The predicted octanol–water partition coefficient (Wildman–Crippen LogP) is 4.79. The Balaban J connectivity index is 0.00000320. The average molecular weight is 566 g/mol. The fourth-order valence-electron chi connectivity index (χ4n) is 3.45. The Hall–Kier alpha value is -1.03. The first kappa shape index (κ1) is 25.2. The number of nitrogens with one attached hydrogen (secondary N) is 2. The molecule has 3 rings (SSSR count). The van der Waals surface area contributed by atoms with Crippen LogP contribution in [0.3, 0.4) is 0 Å². The molecule has 1 aromatic heterocycles. The average Bonchev–Trinajstić information content (AvgIpc) is 3.01. The number of aromatic nitrogens is 1. The van der Waals surface area contributed by atoms with Crippen LogP contribution < -0.4 is 10.6 Å². The molecule has 2 aromatic rings. The van der Waals surface area contributed by atoms with Crippen LogP contribution >= 0.6 is 47.2 Å². The van der Waals surface area contributed by atoms with Crippen molar-refractivity contribution >= 4 is 53.1 Å². The van der Waals surface area contributed by atoms with Gasteiger partial charge in [-0.1, -0.05) is 29.3 Å². The lowest BCUT2D eigenvalue weighted by Gasteiger charge is -2.31. The van der Waals surface area contributed by atoms with Crippen molar-refractivity contribution in [2.24, 2.45) is 10.9 Å². The minimum absolute atomic E-state index is 0. The maximum atomic E-state index is 6.24. The van der Waals surface area contributed by atoms with Crippen LogP contribution in [0.4, 0.5) is 0 Å². The van der Waals surface area contributed by atoms with E-state index < -0.39 is 0 Å². The first-order valence-electron chi connectivity index (χ1n) is 9.98. The molecule has 1 saturated heterocycles. The fraction of sp³-hybridized carbons (Fsp3) is 0.524. The second kappa shape index (κ2) is 12.1. The summed E-state index contributed by atoms with van der Waals surface area (Å²) in [7, 11) is 1.78. The van der Waals surface area contributed by atoms with Crippen molar-refractivity contribution in [3.63, 3.8) is 0 Å². The highest BCUT2D eigenvalue weighted by Crippen LogP contribution is 2.21. The topological polar surface area (TPSA) is 65.7 Å². The summed E-state index contributed by atoms with van der Waals surface area (Å²) >= 11 is 12.2. The molecule has 2 heterocycles. The van der Waals surface area contributed by atoms with Crippen LogP contribution in [0, 0.1) is 19.8 Å². The lowest BCUT2D eigenvalue weighted by Crippen LogP contribution is -2.42. The number of guanidine groups is 1. The van der Waals surface area contributed by atoms with Gasteiger partial charge in [0.2, 0.25) is 5.89 Å². The summed E-state index contributed by atoms with van der Waals surface area (Å²) in [6.45, 7) is 8.36. The highest BCUT2D eigenvalue weighted by atomic mass is 127. The molecule has 1 fully saturated rings. The molecule has 1 aliphatic rings. The molecule has 6 nitrogen and oxygen atoms in total. The molecule has 0 unspecified atom stereocenters. The van der Waals surface area contributed by atoms with Crippen LogP contribution in [-0.2, 0) is 13.1 Å². The van der Waals surface area contributed by atoms with Gasteiger partial charge in [-0.25, -0.2) is 4.98 Å². The van der Waals surface area contributed by atoms with E-state index in [9.17, 15) is 0 Å². The van der Waals surface area contributed by atoms with Crippen LogP contribution in [0.5, 0.6) is 0 Å². The first-order chi connectivity index (χ1) is 13.9. The largest absolute Gasteiger partial charge is 0.444 e. The number of piperidine rings is 1. The molecule has 0 atom stereocenters. The molecule has 1 aliphatic heterocycles. The zero-order chi connectivity index (χ0) is 20.8. The number of nitrogens with zero attached hydrogens (tertiary/aromatic N) is 3. The van der Waals surface area contributed by atoms with E-state index in [2.05, 4.69) is 25.5 Å². The third kappa shape index (κ3) is 7.28. The van der Waals surface area contributed by atoms with Gasteiger partial charge in [-0.2, -0.15) is 0 Å². The quantitative estimate of drug-likeness (QED) is 0.299. The van der Waals surface area contributed by atoms with Crippen molar-refractivity contribution in [3.05, 3.63) is 51.2 Å². The van der Waals surface area contributed by atoms with Crippen LogP contribution in [0.1, 0.15) is 35.7 Å². The molecule has 0 bridgehead atoms. The minimum Gasteiger partial charge on any atom is -0.444 e. The smallest absolute Gasteiger partial charge is 0.208 e. The molecule has 166 valence electrons. The Labute approximate surface area is 205 Å². The van der Waals surface area contributed by atoms with Crippen molar-refractivity contribution < 1.29 is 4.42 Å². The van der Waals surface area contributed by atoms with Crippen LogP contribution in [0.25, 0.3) is 0 Å². The molecule has 1 aromatic carbocycles. The van der Waals surface area contributed by atoms with Crippen LogP contribution in [-0.4, -0.2) is 42.5 Å². The summed E-state index contributed by atoms with van der Waals surface area (Å²) < 4.78 is 5.71. The van der Waals surface area contributed by atoms with E-state index in [1.165, 1.54) is 0 Å². The molecule has 0 spiro atoms. The van der Waals surface area contributed by atoms with E-state index in [-0.39, 0.29) is 24.0 Å². The number of benzene rings is 1. The van der Waals surface area contributed by atoms with E-state index >= 15 is 0 Å². The summed E-state index contributed by atoms with van der Waals surface area (Å²) in [5, 5.41) is 8.05. The molecule has 0 aliphatic carbocycles. The number of hydrogen-bond acceptors (Lipinski definition) is 4. The van der Waals surface area contributed by atoms with Gasteiger partial charge in [0.05, 0.1) is 12.2 Å². The maximum Gasteiger partial charge on any atom is 0.208 e. The molecule has 9 heteroatoms. The highest BCUT2D eigenvalue weighted by molar-refractivity contribution is 14.0. The molecular weight excluding hydrogens is 536 g/mol. The number of oxazole rings is 1. The number of aryl methyl sites for hydroxylation is 2. The minimum atomic E-state index is 0. The zero-order valence-corrected chi connectivity index (χ0v) is 21.5. The first-order valence-corrected chi connectivity index (χ1v) is 10.7. The normalized spacial score (nSPS) is 15.7. The lowest BCUT2D eigenvalue weighted by atomic mass is 9.97. The summed E-state index contributed by atoms with van der Waals surface area (Å²) in [5.74, 6) is 3.14. The number of halogens is 3. The Morgan fingerprint density at radius 2 is 1.97 bits per heavy atom. The van der Waals surface area contributed by atoms with E-state index in [4.69, 9.17) is 27.6 Å². The van der Waals surface area contributed by atoms with Crippen LogP contribution in [0.15, 0.2) is 27.6 Å². The number of aliphatic imine (C=N–C) groups is 1. The third-order valence-electron chi connectivity index (χ3n) is 5.38. The summed E-state index contributed by atoms with van der Waals surface area (Å²) in [4.78, 5) is 11.2. The van der Waals surface area contributed by atoms with E-state index in [1.54, 1.807) is 13.1 Å². The van der Waals surface area contributed by atoms with E-state index in [0.717, 1.165) is 67.9 Å². The fourth-order valence-corrected chi connectivity index (χ4v) is 3.93. The van der Waals surface area contributed by atoms with Crippen molar-refractivity contribution in [2.75, 3.05) is 26.7 Å². The van der Waals surface area contributed by atoms with Crippen molar-refractivity contribution in [2.45, 2.75) is 39.8 Å². The number of likely N-dealkylation sites (tertiary alicyclic amines) is 1. The number of hydrogen-bond donors (Lipinski definition) is 2. The molecule has 30 heavy (non-hydrogen) atoms. The molecule has 0 saturated carbocycles. The Bertz CT molecular complexity index is 830. The lowest BCUT2D eigenvalue weighted by molar-refractivity contribution is 0.164. The van der Waals surface area contributed by atoms with Gasteiger partial charge >= 0.3 is 0 Å². The molecule has 2 N–H and O–H groups in total.